The van der Waals surface area contributed by atoms with E-state index >= 15 is 0 Å². The van der Waals surface area contributed by atoms with Crippen LogP contribution in [0.3, 0.4) is 0 Å². The van der Waals surface area contributed by atoms with Crippen molar-refractivity contribution in [3.8, 4) is 11.5 Å². The molecule has 24 heavy (non-hydrogen) atoms. The van der Waals surface area contributed by atoms with Crippen molar-refractivity contribution in [2.24, 2.45) is 10.7 Å². The number of benzene rings is 1. The summed E-state index contributed by atoms with van der Waals surface area (Å²) in [4.78, 5) is 6.90. The maximum atomic E-state index is 5.97. The van der Waals surface area contributed by atoms with Gasteiger partial charge in [-0.05, 0) is 38.4 Å². The molecular weight excluding hydrogens is 419 g/mol. The predicted octanol–water partition coefficient (Wildman–Crippen LogP) is 2.92. The summed E-state index contributed by atoms with van der Waals surface area (Å²) < 4.78 is 10.5. The summed E-state index contributed by atoms with van der Waals surface area (Å²) in [6, 6.07) is 6.22. The highest BCUT2D eigenvalue weighted by molar-refractivity contribution is 14.0. The Hall–Kier alpha value is -1.22. The number of nitrogens with one attached hydrogen (secondary N) is 1. The molecule has 1 atom stereocenters. The molecule has 0 radical (unpaired) electrons. The van der Waals surface area contributed by atoms with Gasteiger partial charge in [0.1, 0.15) is 0 Å². The molecule has 0 amide bonds. The second kappa shape index (κ2) is 10.6. The van der Waals surface area contributed by atoms with Gasteiger partial charge in [-0.15, -0.1) is 24.0 Å². The maximum Gasteiger partial charge on any atom is 0.193 e. The summed E-state index contributed by atoms with van der Waals surface area (Å²) >= 11 is 0. The van der Waals surface area contributed by atoms with Crippen LogP contribution >= 0.6 is 24.0 Å². The molecule has 1 aliphatic rings. The largest absolute Gasteiger partial charge is 0.493 e. The first-order valence-corrected chi connectivity index (χ1v) is 8.17. The van der Waals surface area contributed by atoms with Crippen molar-refractivity contribution in [3.63, 3.8) is 0 Å². The molecule has 0 bridgehead atoms. The number of likely N-dealkylation sites (tertiary alicyclic amines) is 1. The molecule has 1 aromatic rings. The number of rotatable bonds is 6. The molecule has 136 valence electrons. The van der Waals surface area contributed by atoms with E-state index < -0.39 is 0 Å². The zero-order chi connectivity index (χ0) is 16.7. The number of methoxy groups -OCH3 is 2. The molecule has 1 fully saturated rings. The molecule has 7 heteroatoms. The first-order chi connectivity index (χ1) is 11.1. The number of nitrogens with two attached hydrogens (primary N) is 1. The lowest BCUT2D eigenvalue weighted by atomic mass is 10.0. The lowest BCUT2D eigenvalue weighted by molar-refractivity contribution is 0.166. The number of ether oxygens (including phenoxy) is 2. The Morgan fingerprint density at radius 2 is 2.04 bits per heavy atom. The van der Waals surface area contributed by atoms with Crippen LogP contribution in [0.5, 0.6) is 11.5 Å². The fourth-order valence-corrected chi connectivity index (χ4v) is 2.89. The molecular formula is C17H29IN4O2. The quantitative estimate of drug-likeness (QED) is 0.398. The predicted molar refractivity (Wildman–Crippen MR) is 110 cm³/mol. The summed E-state index contributed by atoms with van der Waals surface area (Å²) in [5.41, 5.74) is 6.80. The van der Waals surface area contributed by atoms with E-state index in [0.29, 0.717) is 30.0 Å². The number of hydrogen-bond donors (Lipinski definition) is 2. The third-order valence-electron chi connectivity index (χ3n) is 4.27. The molecule has 0 spiro atoms. The second-order valence-electron chi connectivity index (χ2n) is 5.84. The van der Waals surface area contributed by atoms with Gasteiger partial charge in [-0.3, -0.25) is 9.89 Å². The molecule has 0 saturated carbocycles. The van der Waals surface area contributed by atoms with Gasteiger partial charge < -0.3 is 20.5 Å². The maximum absolute atomic E-state index is 5.97. The van der Waals surface area contributed by atoms with Crippen molar-refractivity contribution in [3.05, 3.63) is 18.2 Å². The molecule has 1 saturated heterocycles. The highest BCUT2D eigenvalue weighted by Crippen LogP contribution is 2.29. The number of piperidine rings is 1. The van der Waals surface area contributed by atoms with Crippen molar-refractivity contribution in [1.82, 2.24) is 4.90 Å². The van der Waals surface area contributed by atoms with Crippen molar-refractivity contribution >= 4 is 35.6 Å². The molecule has 1 aliphatic heterocycles. The second-order valence-corrected chi connectivity index (χ2v) is 5.84. The summed E-state index contributed by atoms with van der Waals surface area (Å²) in [7, 11) is 3.22. The van der Waals surface area contributed by atoms with E-state index in [2.05, 4.69) is 22.1 Å². The Labute approximate surface area is 161 Å². The van der Waals surface area contributed by atoms with Gasteiger partial charge in [0.05, 0.1) is 20.8 Å². The Balaban J connectivity index is 0.00000288. The van der Waals surface area contributed by atoms with Crippen LogP contribution in [0, 0.1) is 0 Å². The zero-order valence-corrected chi connectivity index (χ0v) is 17.1. The van der Waals surface area contributed by atoms with Gasteiger partial charge in [0.25, 0.3) is 0 Å². The van der Waals surface area contributed by atoms with Gasteiger partial charge >= 0.3 is 0 Å². The molecule has 6 nitrogen and oxygen atoms in total. The first kappa shape index (κ1) is 20.8. The van der Waals surface area contributed by atoms with Gasteiger partial charge in [-0.1, -0.05) is 6.42 Å². The lowest BCUT2D eigenvalue weighted by Crippen LogP contribution is -2.39. The Morgan fingerprint density at radius 1 is 1.29 bits per heavy atom. The standard InChI is InChI=1S/C17H28N4O2.HI/c1-13-6-4-5-10-21(13)11-9-19-17(18)20-14-7-8-15(22-2)16(12-14)23-3;/h7-8,12-13H,4-6,9-11H2,1-3H3,(H3,18,19,20);1H. The summed E-state index contributed by atoms with van der Waals surface area (Å²) in [5.74, 6) is 1.77. The molecule has 1 heterocycles. The summed E-state index contributed by atoms with van der Waals surface area (Å²) in [5, 5.41) is 3.09. The van der Waals surface area contributed by atoms with Gasteiger partial charge in [0.2, 0.25) is 0 Å². The lowest BCUT2D eigenvalue weighted by Gasteiger charge is -2.32. The summed E-state index contributed by atoms with van der Waals surface area (Å²) in [6.45, 7) is 5.11. The zero-order valence-electron chi connectivity index (χ0n) is 14.7. The number of hydrogen-bond acceptors (Lipinski definition) is 4. The van der Waals surface area contributed by atoms with E-state index in [4.69, 9.17) is 15.2 Å². The van der Waals surface area contributed by atoms with Crippen LogP contribution in [0.2, 0.25) is 0 Å². The van der Waals surface area contributed by atoms with Gasteiger partial charge in [0, 0.05) is 24.3 Å². The Kier molecular flexibility index (Phi) is 9.20. The number of nitrogens with zero attached hydrogens (tertiary/aromatic N) is 2. The molecule has 1 aromatic carbocycles. The van der Waals surface area contributed by atoms with E-state index in [1.807, 2.05) is 18.2 Å². The SMILES string of the molecule is COc1ccc(NC(N)=NCCN2CCCCC2C)cc1OC.I. The fourth-order valence-electron chi connectivity index (χ4n) is 2.89. The van der Waals surface area contributed by atoms with E-state index in [9.17, 15) is 0 Å². The molecule has 0 aromatic heterocycles. The smallest absolute Gasteiger partial charge is 0.193 e. The van der Waals surface area contributed by atoms with E-state index in [1.54, 1.807) is 14.2 Å². The number of guanidine groups is 1. The Bertz CT molecular complexity index is 539. The van der Waals surface area contributed by atoms with Crippen molar-refractivity contribution < 1.29 is 9.47 Å². The first-order valence-electron chi connectivity index (χ1n) is 8.17. The average Bonchev–Trinajstić information content (AvgIpc) is 2.56. The minimum absolute atomic E-state index is 0. The minimum Gasteiger partial charge on any atom is -0.493 e. The van der Waals surface area contributed by atoms with Crippen molar-refractivity contribution in [1.29, 1.82) is 0 Å². The van der Waals surface area contributed by atoms with Crippen LogP contribution in [0.15, 0.2) is 23.2 Å². The van der Waals surface area contributed by atoms with Gasteiger partial charge in [-0.2, -0.15) is 0 Å². The molecule has 1 unspecified atom stereocenters. The average molecular weight is 448 g/mol. The third-order valence-corrected chi connectivity index (χ3v) is 4.27. The topological polar surface area (TPSA) is 72.1 Å². The number of aliphatic imine (C=N–C) groups is 1. The van der Waals surface area contributed by atoms with Crippen LogP contribution in [0.25, 0.3) is 0 Å². The fraction of sp³-hybridized carbons (Fsp3) is 0.588. The monoisotopic (exact) mass is 448 g/mol. The number of halogens is 1. The normalized spacial score (nSPS) is 18.6. The molecule has 2 rings (SSSR count). The van der Waals surface area contributed by atoms with E-state index in [0.717, 1.165) is 12.2 Å². The van der Waals surface area contributed by atoms with Crippen LogP contribution in [-0.2, 0) is 0 Å². The van der Waals surface area contributed by atoms with Crippen molar-refractivity contribution in [2.75, 3.05) is 39.2 Å². The minimum atomic E-state index is 0. The van der Waals surface area contributed by atoms with Crippen LogP contribution in [0.4, 0.5) is 5.69 Å². The number of anilines is 1. The van der Waals surface area contributed by atoms with E-state index in [1.165, 1.54) is 25.8 Å². The molecule has 0 aliphatic carbocycles. The van der Waals surface area contributed by atoms with Gasteiger partial charge in [-0.25, -0.2) is 0 Å². The van der Waals surface area contributed by atoms with Crippen LogP contribution < -0.4 is 20.5 Å². The Morgan fingerprint density at radius 3 is 2.71 bits per heavy atom. The summed E-state index contributed by atoms with van der Waals surface area (Å²) in [6.07, 6.45) is 3.90. The van der Waals surface area contributed by atoms with Crippen LogP contribution in [-0.4, -0.2) is 50.8 Å². The van der Waals surface area contributed by atoms with E-state index in [-0.39, 0.29) is 24.0 Å². The van der Waals surface area contributed by atoms with Gasteiger partial charge in [0.15, 0.2) is 17.5 Å². The highest BCUT2D eigenvalue weighted by atomic mass is 127. The third kappa shape index (κ3) is 6.01. The van der Waals surface area contributed by atoms with Crippen molar-refractivity contribution in [2.45, 2.75) is 32.2 Å². The molecule has 3 N–H and O–H groups in total. The highest BCUT2D eigenvalue weighted by Gasteiger charge is 2.17. The van der Waals surface area contributed by atoms with Crippen LogP contribution in [0.1, 0.15) is 26.2 Å².